The molecule has 0 aliphatic carbocycles. The number of hydrogen-bond acceptors (Lipinski definition) is 3. The van der Waals surface area contributed by atoms with Crippen LogP contribution >= 0.6 is 0 Å². The van der Waals surface area contributed by atoms with Gasteiger partial charge < -0.3 is 15.0 Å². The zero-order chi connectivity index (χ0) is 16.2. The highest BCUT2D eigenvalue weighted by molar-refractivity contribution is 5.92. The van der Waals surface area contributed by atoms with Crippen LogP contribution < -0.4 is 5.32 Å². The van der Waals surface area contributed by atoms with E-state index in [9.17, 15) is 9.59 Å². The van der Waals surface area contributed by atoms with Crippen LogP contribution in [0, 0.1) is 0 Å². The second kappa shape index (κ2) is 7.13. The SMILES string of the molecule is CCCN1C(=O)Cc2ccccc2[C@@H]1C(=O)NC[C@H]1CCCO1. The van der Waals surface area contributed by atoms with Crippen molar-refractivity contribution >= 4 is 11.8 Å². The second-order valence-electron chi connectivity index (χ2n) is 6.25. The van der Waals surface area contributed by atoms with Crippen LogP contribution in [0.4, 0.5) is 0 Å². The summed E-state index contributed by atoms with van der Waals surface area (Å²) in [4.78, 5) is 26.9. The van der Waals surface area contributed by atoms with E-state index in [1.165, 1.54) is 0 Å². The van der Waals surface area contributed by atoms with Gasteiger partial charge in [0.05, 0.1) is 12.5 Å². The summed E-state index contributed by atoms with van der Waals surface area (Å²) in [6.45, 7) is 3.92. The van der Waals surface area contributed by atoms with Crippen molar-refractivity contribution in [2.75, 3.05) is 19.7 Å². The van der Waals surface area contributed by atoms with Crippen molar-refractivity contribution in [2.24, 2.45) is 0 Å². The highest BCUT2D eigenvalue weighted by Crippen LogP contribution is 2.30. The highest BCUT2D eigenvalue weighted by Gasteiger charge is 2.36. The van der Waals surface area contributed by atoms with Crippen LogP contribution in [0.25, 0.3) is 0 Å². The van der Waals surface area contributed by atoms with Crippen LogP contribution in [0.1, 0.15) is 43.4 Å². The van der Waals surface area contributed by atoms with Crippen molar-refractivity contribution in [1.82, 2.24) is 10.2 Å². The molecule has 0 aromatic heterocycles. The number of carbonyl (C=O) groups is 2. The first kappa shape index (κ1) is 16.0. The zero-order valence-electron chi connectivity index (χ0n) is 13.6. The van der Waals surface area contributed by atoms with Gasteiger partial charge in [-0.1, -0.05) is 31.2 Å². The molecule has 1 aromatic rings. The van der Waals surface area contributed by atoms with Crippen molar-refractivity contribution in [3.05, 3.63) is 35.4 Å². The minimum Gasteiger partial charge on any atom is -0.376 e. The van der Waals surface area contributed by atoms with Gasteiger partial charge in [0, 0.05) is 19.7 Å². The molecular formula is C18H24N2O3. The van der Waals surface area contributed by atoms with Crippen LogP contribution in [0.2, 0.25) is 0 Å². The van der Waals surface area contributed by atoms with Gasteiger partial charge in [-0.25, -0.2) is 0 Å². The van der Waals surface area contributed by atoms with Gasteiger partial charge in [0.25, 0.3) is 0 Å². The molecule has 0 saturated carbocycles. The fraction of sp³-hybridized carbons (Fsp3) is 0.556. The van der Waals surface area contributed by atoms with Crippen LogP contribution in [0.3, 0.4) is 0 Å². The Bertz CT molecular complexity index is 581. The van der Waals surface area contributed by atoms with Crippen molar-refractivity contribution in [1.29, 1.82) is 0 Å². The third-order valence-corrected chi connectivity index (χ3v) is 4.56. The molecule has 0 spiro atoms. The molecule has 1 N–H and O–H groups in total. The molecule has 2 amide bonds. The van der Waals surface area contributed by atoms with Crippen LogP contribution in [0.5, 0.6) is 0 Å². The maximum Gasteiger partial charge on any atom is 0.247 e. The molecule has 1 aromatic carbocycles. The lowest BCUT2D eigenvalue weighted by Crippen LogP contribution is -2.48. The van der Waals surface area contributed by atoms with E-state index in [2.05, 4.69) is 5.32 Å². The van der Waals surface area contributed by atoms with Gasteiger partial charge >= 0.3 is 0 Å². The van der Waals surface area contributed by atoms with Crippen LogP contribution in [-0.4, -0.2) is 42.5 Å². The minimum absolute atomic E-state index is 0.0304. The van der Waals surface area contributed by atoms with E-state index in [4.69, 9.17) is 4.74 Å². The number of fused-ring (bicyclic) bond motifs is 1. The van der Waals surface area contributed by atoms with Crippen molar-refractivity contribution in [3.63, 3.8) is 0 Å². The molecule has 124 valence electrons. The van der Waals surface area contributed by atoms with E-state index >= 15 is 0 Å². The molecule has 1 saturated heterocycles. The number of carbonyl (C=O) groups excluding carboxylic acids is 2. The Morgan fingerprint density at radius 1 is 1.39 bits per heavy atom. The lowest BCUT2D eigenvalue weighted by molar-refractivity contribution is -0.141. The summed E-state index contributed by atoms with van der Waals surface area (Å²) >= 11 is 0. The molecule has 5 nitrogen and oxygen atoms in total. The molecule has 23 heavy (non-hydrogen) atoms. The third-order valence-electron chi connectivity index (χ3n) is 4.56. The quantitative estimate of drug-likeness (QED) is 0.901. The van der Waals surface area contributed by atoms with Crippen LogP contribution in [0.15, 0.2) is 24.3 Å². The van der Waals surface area contributed by atoms with Crippen molar-refractivity contribution in [3.8, 4) is 0 Å². The summed E-state index contributed by atoms with van der Waals surface area (Å²) in [6, 6.07) is 7.23. The van der Waals surface area contributed by atoms with E-state index in [0.29, 0.717) is 19.5 Å². The Morgan fingerprint density at radius 3 is 2.96 bits per heavy atom. The molecule has 0 radical (unpaired) electrons. The monoisotopic (exact) mass is 316 g/mol. The average molecular weight is 316 g/mol. The van der Waals surface area contributed by atoms with Crippen molar-refractivity contribution in [2.45, 2.75) is 44.8 Å². The second-order valence-corrected chi connectivity index (χ2v) is 6.25. The van der Waals surface area contributed by atoms with E-state index in [1.54, 1.807) is 4.90 Å². The van der Waals surface area contributed by atoms with Gasteiger partial charge in [0.15, 0.2) is 0 Å². The van der Waals surface area contributed by atoms with E-state index in [-0.39, 0.29) is 17.9 Å². The van der Waals surface area contributed by atoms with E-state index in [1.807, 2.05) is 31.2 Å². The lowest BCUT2D eigenvalue weighted by Gasteiger charge is -2.36. The highest BCUT2D eigenvalue weighted by atomic mass is 16.5. The summed E-state index contributed by atoms with van der Waals surface area (Å²) < 4.78 is 5.56. The van der Waals surface area contributed by atoms with E-state index < -0.39 is 6.04 Å². The molecule has 2 heterocycles. The largest absolute Gasteiger partial charge is 0.376 e. The molecule has 3 rings (SSSR count). The molecule has 2 aliphatic rings. The molecule has 0 unspecified atom stereocenters. The fourth-order valence-electron chi connectivity index (χ4n) is 3.43. The maximum atomic E-state index is 12.8. The van der Waals surface area contributed by atoms with Gasteiger partial charge in [-0.15, -0.1) is 0 Å². The van der Waals surface area contributed by atoms with Crippen molar-refractivity contribution < 1.29 is 14.3 Å². The number of ether oxygens (including phenoxy) is 1. The Hall–Kier alpha value is -1.88. The van der Waals surface area contributed by atoms with E-state index in [0.717, 1.165) is 37.0 Å². The van der Waals surface area contributed by atoms with Crippen LogP contribution in [-0.2, 0) is 20.7 Å². The zero-order valence-corrected chi connectivity index (χ0v) is 13.6. The first-order valence-electron chi connectivity index (χ1n) is 8.47. The van der Waals surface area contributed by atoms with Gasteiger partial charge in [0.2, 0.25) is 11.8 Å². The topological polar surface area (TPSA) is 58.6 Å². The summed E-state index contributed by atoms with van der Waals surface area (Å²) in [5.41, 5.74) is 1.91. The average Bonchev–Trinajstić information content (AvgIpc) is 3.07. The smallest absolute Gasteiger partial charge is 0.247 e. The summed E-state index contributed by atoms with van der Waals surface area (Å²) in [5, 5.41) is 2.99. The summed E-state index contributed by atoms with van der Waals surface area (Å²) in [7, 11) is 0. The Kier molecular flexibility index (Phi) is 4.96. The Balaban J connectivity index is 1.79. The first-order chi connectivity index (χ1) is 11.2. The normalized spacial score (nSPS) is 23.7. The molecule has 1 fully saturated rings. The molecule has 2 aliphatic heterocycles. The van der Waals surface area contributed by atoms with Gasteiger partial charge in [-0.3, -0.25) is 9.59 Å². The molecule has 2 atom stereocenters. The number of rotatable bonds is 5. The number of benzene rings is 1. The minimum atomic E-state index is -0.520. The maximum absolute atomic E-state index is 12.8. The lowest BCUT2D eigenvalue weighted by atomic mass is 9.91. The number of hydrogen-bond donors (Lipinski definition) is 1. The molecular weight excluding hydrogens is 292 g/mol. The Labute approximate surface area is 137 Å². The summed E-state index contributed by atoms with van der Waals surface area (Å²) in [6.07, 6.45) is 3.36. The third kappa shape index (κ3) is 3.39. The molecule has 5 heteroatoms. The van der Waals surface area contributed by atoms with Gasteiger partial charge in [-0.05, 0) is 30.4 Å². The predicted molar refractivity (Wildman–Crippen MR) is 86.9 cm³/mol. The standard InChI is InChI=1S/C18H24N2O3/c1-2-9-20-16(21)11-13-6-3-4-8-15(13)17(20)18(22)19-12-14-7-5-10-23-14/h3-4,6,8,14,17H,2,5,7,9-12H2,1H3,(H,19,22)/t14-,17-/m1/s1. The Morgan fingerprint density at radius 2 is 2.22 bits per heavy atom. The first-order valence-corrected chi connectivity index (χ1v) is 8.47. The number of nitrogens with one attached hydrogen (secondary N) is 1. The predicted octanol–water partition coefficient (Wildman–Crippen LogP) is 1.82. The molecule has 0 bridgehead atoms. The summed E-state index contributed by atoms with van der Waals surface area (Å²) in [5.74, 6) is -0.0720. The number of amides is 2. The fourth-order valence-corrected chi connectivity index (χ4v) is 3.43. The number of nitrogens with zero attached hydrogens (tertiary/aromatic N) is 1. The van der Waals surface area contributed by atoms with Gasteiger partial charge in [0.1, 0.15) is 6.04 Å². The van der Waals surface area contributed by atoms with Gasteiger partial charge in [-0.2, -0.15) is 0 Å².